The van der Waals surface area contributed by atoms with Gasteiger partial charge in [-0.25, -0.2) is 0 Å². The maximum atomic E-state index is 5.93. The Bertz CT molecular complexity index is 438. The van der Waals surface area contributed by atoms with Gasteiger partial charge < -0.3 is 15.2 Å². The molecule has 1 aliphatic carbocycles. The molecule has 0 atom stereocenters. The van der Waals surface area contributed by atoms with Crippen molar-refractivity contribution in [3.63, 3.8) is 0 Å². The van der Waals surface area contributed by atoms with Gasteiger partial charge in [-0.2, -0.15) is 0 Å². The Hall–Kier alpha value is -1.22. The van der Waals surface area contributed by atoms with Crippen LogP contribution in [0.3, 0.4) is 0 Å². The van der Waals surface area contributed by atoms with Crippen LogP contribution < -0.4 is 15.2 Å². The third-order valence-corrected chi connectivity index (χ3v) is 3.96. The molecule has 0 unspecified atom stereocenters. The molecule has 0 spiro atoms. The standard InChI is InChI=1S/C14H19NO2/c1-2-10-7-12-13(17-6-5-16-12)8-11(10)14(9-15)3-4-14/h7-8H,2-6,9,15H2,1H3. The fraction of sp³-hybridized carbons (Fsp3) is 0.571. The molecule has 3 heteroatoms. The second-order valence-electron chi connectivity index (χ2n) is 4.99. The number of aryl methyl sites for hydroxylation is 1. The SMILES string of the molecule is CCc1cc2c(cc1C1(CN)CC1)OCCO2. The molecule has 3 nitrogen and oxygen atoms in total. The van der Waals surface area contributed by atoms with Crippen LogP contribution in [0.15, 0.2) is 12.1 Å². The average Bonchev–Trinajstić information content (AvgIpc) is 3.18. The van der Waals surface area contributed by atoms with Gasteiger partial charge in [-0.1, -0.05) is 6.92 Å². The molecule has 2 N–H and O–H groups in total. The van der Waals surface area contributed by atoms with Gasteiger partial charge >= 0.3 is 0 Å². The van der Waals surface area contributed by atoms with Crippen LogP contribution in [-0.2, 0) is 11.8 Å². The van der Waals surface area contributed by atoms with Crippen LogP contribution in [0.25, 0.3) is 0 Å². The van der Waals surface area contributed by atoms with Gasteiger partial charge in [0.25, 0.3) is 0 Å². The molecule has 3 rings (SSSR count). The van der Waals surface area contributed by atoms with Gasteiger partial charge in [0.05, 0.1) is 0 Å². The largest absolute Gasteiger partial charge is 0.486 e. The Morgan fingerprint density at radius 2 is 1.82 bits per heavy atom. The number of ether oxygens (including phenoxy) is 2. The molecule has 1 heterocycles. The average molecular weight is 233 g/mol. The van der Waals surface area contributed by atoms with E-state index in [0.29, 0.717) is 13.2 Å². The Morgan fingerprint density at radius 3 is 2.35 bits per heavy atom. The molecule has 2 aliphatic rings. The number of hydrogen-bond acceptors (Lipinski definition) is 3. The molecular formula is C14H19NO2. The van der Waals surface area contributed by atoms with E-state index in [0.717, 1.165) is 24.5 Å². The van der Waals surface area contributed by atoms with E-state index >= 15 is 0 Å². The highest BCUT2D eigenvalue weighted by atomic mass is 16.6. The summed E-state index contributed by atoms with van der Waals surface area (Å²) in [5.41, 5.74) is 8.89. The molecule has 1 aliphatic heterocycles. The van der Waals surface area contributed by atoms with Crippen molar-refractivity contribution in [1.29, 1.82) is 0 Å². The van der Waals surface area contributed by atoms with Crippen LogP contribution in [0.4, 0.5) is 0 Å². The number of hydrogen-bond donors (Lipinski definition) is 1. The van der Waals surface area contributed by atoms with Crippen molar-refractivity contribution in [2.75, 3.05) is 19.8 Å². The monoisotopic (exact) mass is 233 g/mol. The number of rotatable bonds is 3. The molecule has 0 bridgehead atoms. The lowest BCUT2D eigenvalue weighted by molar-refractivity contribution is 0.171. The van der Waals surface area contributed by atoms with Gasteiger partial charge in [-0.15, -0.1) is 0 Å². The van der Waals surface area contributed by atoms with Crippen LogP contribution in [-0.4, -0.2) is 19.8 Å². The first-order valence-electron chi connectivity index (χ1n) is 6.42. The molecule has 0 aromatic heterocycles. The quantitative estimate of drug-likeness (QED) is 0.868. The number of nitrogens with two attached hydrogens (primary N) is 1. The first-order valence-corrected chi connectivity index (χ1v) is 6.42. The van der Waals surface area contributed by atoms with Crippen molar-refractivity contribution in [3.8, 4) is 11.5 Å². The van der Waals surface area contributed by atoms with Crippen molar-refractivity contribution in [3.05, 3.63) is 23.3 Å². The van der Waals surface area contributed by atoms with Crippen LogP contribution >= 0.6 is 0 Å². The summed E-state index contributed by atoms with van der Waals surface area (Å²) in [4.78, 5) is 0. The summed E-state index contributed by atoms with van der Waals surface area (Å²) in [6.45, 7) is 4.21. The van der Waals surface area contributed by atoms with Gasteiger partial charge in [0.2, 0.25) is 0 Å². The van der Waals surface area contributed by atoms with E-state index in [4.69, 9.17) is 15.2 Å². The lowest BCUT2D eigenvalue weighted by Gasteiger charge is -2.24. The molecule has 0 saturated heterocycles. The predicted octanol–water partition coefficient (Wildman–Crippen LogP) is 2.01. The smallest absolute Gasteiger partial charge is 0.161 e. The lowest BCUT2D eigenvalue weighted by atomic mass is 9.89. The van der Waals surface area contributed by atoms with Crippen LogP contribution in [0, 0.1) is 0 Å². The Morgan fingerprint density at radius 1 is 1.18 bits per heavy atom. The summed E-state index contributed by atoms with van der Waals surface area (Å²) < 4.78 is 11.3. The van der Waals surface area contributed by atoms with Crippen LogP contribution in [0.2, 0.25) is 0 Å². The molecular weight excluding hydrogens is 214 g/mol. The van der Waals surface area contributed by atoms with E-state index < -0.39 is 0 Å². The lowest BCUT2D eigenvalue weighted by Crippen LogP contribution is -2.23. The summed E-state index contributed by atoms with van der Waals surface area (Å²) in [6.07, 6.45) is 3.43. The van der Waals surface area contributed by atoms with E-state index in [1.54, 1.807) is 0 Å². The van der Waals surface area contributed by atoms with E-state index in [-0.39, 0.29) is 5.41 Å². The fourth-order valence-corrected chi connectivity index (χ4v) is 2.65. The molecule has 1 saturated carbocycles. The summed E-state index contributed by atoms with van der Waals surface area (Å²) in [5, 5.41) is 0. The van der Waals surface area contributed by atoms with E-state index in [1.807, 2.05) is 0 Å². The summed E-state index contributed by atoms with van der Waals surface area (Å²) in [5.74, 6) is 1.79. The summed E-state index contributed by atoms with van der Waals surface area (Å²) >= 11 is 0. The van der Waals surface area contributed by atoms with Crippen molar-refractivity contribution in [1.82, 2.24) is 0 Å². The molecule has 1 aromatic rings. The highest BCUT2D eigenvalue weighted by Gasteiger charge is 2.44. The minimum atomic E-state index is 0.223. The van der Waals surface area contributed by atoms with Crippen LogP contribution in [0.1, 0.15) is 30.9 Å². The molecule has 0 radical (unpaired) electrons. The minimum absolute atomic E-state index is 0.223. The van der Waals surface area contributed by atoms with Crippen molar-refractivity contribution >= 4 is 0 Å². The predicted molar refractivity (Wildman–Crippen MR) is 66.8 cm³/mol. The second kappa shape index (κ2) is 3.91. The van der Waals surface area contributed by atoms with E-state index in [2.05, 4.69) is 19.1 Å². The zero-order valence-electron chi connectivity index (χ0n) is 10.3. The van der Waals surface area contributed by atoms with Crippen LogP contribution in [0.5, 0.6) is 11.5 Å². The zero-order chi connectivity index (χ0) is 11.9. The van der Waals surface area contributed by atoms with Crippen molar-refractivity contribution in [2.24, 2.45) is 5.73 Å². The Labute approximate surface area is 102 Å². The fourth-order valence-electron chi connectivity index (χ4n) is 2.65. The third-order valence-electron chi connectivity index (χ3n) is 3.96. The highest BCUT2D eigenvalue weighted by Crippen LogP contribution is 2.50. The molecule has 1 aromatic carbocycles. The van der Waals surface area contributed by atoms with E-state index in [9.17, 15) is 0 Å². The number of benzene rings is 1. The Kier molecular flexibility index (Phi) is 2.51. The number of fused-ring (bicyclic) bond motifs is 1. The van der Waals surface area contributed by atoms with Gasteiger partial charge in [0.1, 0.15) is 13.2 Å². The summed E-state index contributed by atoms with van der Waals surface area (Å²) in [6, 6.07) is 4.30. The summed E-state index contributed by atoms with van der Waals surface area (Å²) in [7, 11) is 0. The normalized spacial score (nSPS) is 20.1. The first-order chi connectivity index (χ1) is 8.29. The highest BCUT2D eigenvalue weighted by molar-refractivity contribution is 5.52. The minimum Gasteiger partial charge on any atom is -0.486 e. The maximum absolute atomic E-state index is 5.93. The molecule has 17 heavy (non-hydrogen) atoms. The van der Waals surface area contributed by atoms with Crippen molar-refractivity contribution < 1.29 is 9.47 Å². The van der Waals surface area contributed by atoms with E-state index in [1.165, 1.54) is 24.0 Å². The first kappa shape index (κ1) is 10.9. The third kappa shape index (κ3) is 1.69. The topological polar surface area (TPSA) is 44.5 Å². The second-order valence-corrected chi connectivity index (χ2v) is 4.99. The Balaban J connectivity index is 2.07. The van der Waals surface area contributed by atoms with Gasteiger partial charge in [0, 0.05) is 12.0 Å². The van der Waals surface area contributed by atoms with Gasteiger partial charge in [-0.05, 0) is 42.5 Å². The molecule has 0 amide bonds. The van der Waals surface area contributed by atoms with Gasteiger partial charge in [0.15, 0.2) is 11.5 Å². The zero-order valence-corrected chi connectivity index (χ0v) is 10.3. The van der Waals surface area contributed by atoms with Gasteiger partial charge in [-0.3, -0.25) is 0 Å². The molecule has 1 fully saturated rings. The molecule has 92 valence electrons. The maximum Gasteiger partial charge on any atom is 0.161 e. The van der Waals surface area contributed by atoms with Crippen molar-refractivity contribution in [2.45, 2.75) is 31.6 Å².